The van der Waals surface area contributed by atoms with Crippen molar-refractivity contribution in [1.29, 1.82) is 0 Å². The Morgan fingerprint density at radius 3 is 1.00 bits per heavy atom. The van der Waals surface area contributed by atoms with Crippen LogP contribution in [0.2, 0.25) is 0 Å². The summed E-state index contributed by atoms with van der Waals surface area (Å²) in [6.45, 7) is 11.5. The van der Waals surface area contributed by atoms with Gasteiger partial charge in [-0.3, -0.25) is 0 Å². The smallest absolute Gasteiger partial charge is 0.0294 e. The maximum atomic E-state index is 4.54. The number of allylic oxidation sites excluding steroid dienone is 1. The van der Waals surface area contributed by atoms with Crippen LogP contribution >= 0.6 is 0 Å². The molecule has 0 fully saturated rings. The highest BCUT2D eigenvalue weighted by Crippen LogP contribution is 2.27. The summed E-state index contributed by atoms with van der Waals surface area (Å²) in [5.41, 5.74) is 1.57. The monoisotopic (exact) mass is 505 g/mol. The molecule has 0 rings (SSSR count). The van der Waals surface area contributed by atoms with Crippen molar-refractivity contribution in [3.63, 3.8) is 0 Å². The Morgan fingerprint density at radius 1 is 0.389 bits per heavy atom. The number of hydrogen-bond donors (Lipinski definition) is 0. The summed E-state index contributed by atoms with van der Waals surface area (Å²) in [6.07, 6.45) is 43.0. The van der Waals surface area contributed by atoms with E-state index in [1.54, 1.807) is 5.57 Å². The van der Waals surface area contributed by atoms with E-state index in [0.717, 1.165) is 5.92 Å². The van der Waals surface area contributed by atoms with Gasteiger partial charge in [-0.05, 0) is 25.2 Å². The lowest BCUT2D eigenvalue weighted by Crippen LogP contribution is -2.03. The topological polar surface area (TPSA) is 0 Å². The van der Waals surface area contributed by atoms with Crippen LogP contribution in [-0.4, -0.2) is 0 Å². The molecule has 0 aromatic carbocycles. The van der Waals surface area contributed by atoms with Crippen molar-refractivity contribution in [3.8, 4) is 0 Å². The fourth-order valence-corrected chi connectivity index (χ4v) is 5.86. The van der Waals surface area contributed by atoms with Crippen LogP contribution in [-0.2, 0) is 0 Å². The van der Waals surface area contributed by atoms with Crippen LogP contribution in [0.3, 0.4) is 0 Å². The molecule has 0 bridgehead atoms. The molecular formula is C36H72. The Labute approximate surface area is 231 Å². The lowest BCUT2D eigenvalue weighted by Gasteiger charge is -2.19. The zero-order valence-corrected chi connectivity index (χ0v) is 26.0. The summed E-state index contributed by atoms with van der Waals surface area (Å²) < 4.78 is 0. The average Bonchev–Trinajstić information content (AvgIpc) is 2.88. The quantitative estimate of drug-likeness (QED) is 0.0650. The summed E-state index contributed by atoms with van der Waals surface area (Å²) in [7, 11) is 0. The van der Waals surface area contributed by atoms with Gasteiger partial charge in [-0.1, -0.05) is 206 Å². The van der Waals surface area contributed by atoms with Gasteiger partial charge >= 0.3 is 0 Å². The molecule has 0 heterocycles. The first-order valence-corrected chi connectivity index (χ1v) is 17.4. The Balaban J connectivity index is 4.02. The first-order valence-electron chi connectivity index (χ1n) is 17.4. The Hall–Kier alpha value is -0.260. The van der Waals surface area contributed by atoms with Crippen LogP contribution < -0.4 is 0 Å². The van der Waals surface area contributed by atoms with Gasteiger partial charge in [-0.25, -0.2) is 0 Å². The summed E-state index contributed by atoms with van der Waals surface area (Å²) >= 11 is 0. The minimum atomic E-state index is 0.917. The van der Waals surface area contributed by atoms with Crippen molar-refractivity contribution in [1.82, 2.24) is 0 Å². The van der Waals surface area contributed by atoms with Gasteiger partial charge < -0.3 is 0 Å². The van der Waals surface area contributed by atoms with Crippen LogP contribution in [0, 0.1) is 5.92 Å². The second-order valence-corrected chi connectivity index (χ2v) is 12.3. The van der Waals surface area contributed by atoms with Gasteiger partial charge in [0.05, 0.1) is 0 Å². The van der Waals surface area contributed by atoms with E-state index in [2.05, 4.69) is 27.4 Å². The minimum absolute atomic E-state index is 0.917. The average molecular weight is 505 g/mol. The normalized spacial score (nSPS) is 12.3. The highest BCUT2D eigenvalue weighted by molar-refractivity contribution is 4.95. The Morgan fingerprint density at radius 2 is 0.667 bits per heavy atom. The SMILES string of the molecule is C=C(CCCCCCCCCC)CC(CCCCCCCCCC)CCCCCCCCCCCC. The van der Waals surface area contributed by atoms with E-state index in [4.69, 9.17) is 0 Å². The summed E-state index contributed by atoms with van der Waals surface area (Å²) in [4.78, 5) is 0. The van der Waals surface area contributed by atoms with Crippen LogP contribution in [0.5, 0.6) is 0 Å². The van der Waals surface area contributed by atoms with E-state index in [1.165, 1.54) is 193 Å². The molecule has 0 saturated heterocycles. The van der Waals surface area contributed by atoms with E-state index in [9.17, 15) is 0 Å². The molecular weight excluding hydrogens is 432 g/mol. The van der Waals surface area contributed by atoms with Gasteiger partial charge in [-0.15, -0.1) is 0 Å². The first-order chi connectivity index (χ1) is 17.7. The van der Waals surface area contributed by atoms with E-state index in [0.29, 0.717) is 0 Å². The molecule has 0 saturated carbocycles. The summed E-state index contributed by atoms with van der Waals surface area (Å²) in [5, 5.41) is 0. The fraction of sp³-hybridized carbons (Fsp3) is 0.944. The fourth-order valence-electron chi connectivity index (χ4n) is 5.86. The Kier molecular flexibility index (Phi) is 30.7. The predicted molar refractivity (Wildman–Crippen MR) is 168 cm³/mol. The molecule has 0 spiro atoms. The molecule has 0 nitrogen and oxygen atoms in total. The highest BCUT2D eigenvalue weighted by atomic mass is 14.2. The standard InChI is InChI=1S/C36H72/c1-5-8-11-14-17-20-21-24-27-30-33-36(32-29-26-23-19-16-13-10-7-3)34-35(4)31-28-25-22-18-15-12-9-6-2/h36H,4-34H2,1-3H3. The number of unbranched alkanes of at least 4 members (excludes halogenated alkanes) is 23. The van der Waals surface area contributed by atoms with Crippen molar-refractivity contribution < 1.29 is 0 Å². The molecule has 0 N–H and O–H groups in total. The van der Waals surface area contributed by atoms with Crippen molar-refractivity contribution in [2.75, 3.05) is 0 Å². The molecule has 0 aliphatic heterocycles. The van der Waals surface area contributed by atoms with Gasteiger partial charge in [-0.2, -0.15) is 0 Å². The lowest BCUT2D eigenvalue weighted by atomic mass is 9.87. The van der Waals surface area contributed by atoms with Crippen LogP contribution in [0.4, 0.5) is 0 Å². The molecule has 0 aliphatic rings. The summed E-state index contributed by atoms with van der Waals surface area (Å²) in [6, 6.07) is 0. The molecule has 0 aromatic rings. The Bertz CT molecular complexity index is 408. The van der Waals surface area contributed by atoms with Crippen LogP contribution in [0.25, 0.3) is 0 Å². The zero-order chi connectivity index (χ0) is 26.4. The lowest BCUT2D eigenvalue weighted by molar-refractivity contribution is 0.395. The highest BCUT2D eigenvalue weighted by Gasteiger charge is 2.11. The number of hydrogen-bond acceptors (Lipinski definition) is 0. The van der Waals surface area contributed by atoms with Gasteiger partial charge in [0.2, 0.25) is 0 Å². The van der Waals surface area contributed by atoms with Crippen molar-refractivity contribution in [3.05, 3.63) is 12.2 Å². The molecule has 1 unspecified atom stereocenters. The van der Waals surface area contributed by atoms with E-state index >= 15 is 0 Å². The third-order valence-electron chi connectivity index (χ3n) is 8.39. The first kappa shape index (κ1) is 35.7. The molecule has 216 valence electrons. The van der Waals surface area contributed by atoms with Gasteiger partial charge in [0.25, 0.3) is 0 Å². The molecule has 0 aliphatic carbocycles. The van der Waals surface area contributed by atoms with E-state index in [-0.39, 0.29) is 0 Å². The molecule has 0 heteroatoms. The third-order valence-corrected chi connectivity index (χ3v) is 8.39. The van der Waals surface area contributed by atoms with Gasteiger partial charge in [0.15, 0.2) is 0 Å². The van der Waals surface area contributed by atoms with Crippen LogP contribution in [0.1, 0.15) is 213 Å². The molecule has 1 atom stereocenters. The molecule has 36 heavy (non-hydrogen) atoms. The summed E-state index contributed by atoms with van der Waals surface area (Å²) in [5.74, 6) is 0.917. The predicted octanol–water partition coefficient (Wildman–Crippen LogP) is 13.9. The zero-order valence-electron chi connectivity index (χ0n) is 26.0. The van der Waals surface area contributed by atoms with Gasteiger partial charge in [0, 0.05) is 0 Å². The van der Waals surface area contributed by atoms with Crippen molar-refractivity contribution >= 4 is 0 Å². The van der Waals surface area contributed by atoms with E-state index < -0.39 is 0 Å². The van der Waals surface area contributed by atoms with E-state index in [1.807, 2.05) is 0 Å². The van der Waals surface area contributed by atoms with Crippen molar-refractivity contribution in [2.45, 2.75) is 213 Å². The second-order valence-electron chi connectivity index (χ2n) is 12.3. The van der Waals surface area contributed by atoms with Gasteiger partial charge in [0.1, 0.15) is 0 Å². The molecule has 0 aromatic heterocycles. The third kappa shape index (κ3) is 28.3. The maximum absolute atomic E-state index is 4.54. The maximum Gasteiger partial charge on any atom is -0.0294 e. The van der Waals surface area contributed by atoms with Crippen molar-refractivity contribution in [2.24, 2.45) is 5.92 Å². The minimum Gasteiger partial charge on any atom is -0.0999 e. The molecule has 0 radical (unpaired) electrons. The number of rotatable bonds is 31. The molecule has 0 amide bonds. The van der Waals surface area contributed by atoms with Crippen LogP contribution in [0.15, 0.2) is 12.2 Å². The largest absolute Gasteiger partial charge is 0.0999 e. The second kappa shape index (κ2) is 31.0.